The topological polar surface area (TPSA) is 50.8 Å². The van der Waals surface area contributed by atoms with Crippen LogP contribution in [0.1, 0.15) is 12.5 Å². The van der Waals surface area contributed by atoms with Gasteiger partial charge in [-0.2, -0.15) is 0 Å². The van der Waals surface area contributed by atoms with Gasteiger partial charge in [0, 0.05) is 23.7 Å². The molecule has 1 unspecified atom stereocenters. The van der Waals surface area contributed by atoms with E-state index >= 15 is 0 Å². The lowest BCUT2D eigenvalue weighted by Crippen LogP contribution is -2.47. The second kappa shape index (κ2) is 9.53. The fraction of sp³-hybridized carbons (Fsp3) is 0.533. The molecule has 118 valence electrons. The van der Waals surface area contributed by atoms with E-state index < -0.39 is 0 Å². The van der Waals surface area contributed by atoms with Gasteiger partial charge < -0.3 is 15.4 Å². The van der Waals surface area contributed by atoms with Crippen molar-refractivity contribution in [3.05, 3.63) is 29.8 Å². The first-order chi connectivity index (χ1) is 9.65. The molecular weight excluding hydrogens is 397 g/mol. The number of benzene rings is 1. The number of nitrogens with zero attached hydrogens (tertiary/aromatic N) is 2. The highest BCUT2D eigenvalue weighted by molar-refractivity contribution is 14.0. The lowest BCUT2D eigenvalue weighted by Gasteiger charge is -2.31. The molecule has 0 aliphatic carbocycles. The fourth-order valence-electron chi connectivity index (χ4n) is 2.08. The summed E-state index contributed by atoms with van der Waals surface area (Å²) in [6.07, 6.45) is 0.236. The predicted molar refractivity (Wildman–Crippen MR) is 101 cm³/mol. The first-order valence-electron chi connectivity index (χ1n) is 7.01. The molecule has 0 radical (unpaired) electrons. The largest absolute Gasteiger partial charge is 0.375 e. The molecule has 0 saturated carbocycles. The van der Waals surface area contributed by atoms with Gasteiger partial charge in [-0.25, -0.2) is 0 Å². The maximum Gasteiger partial charge on any atom is 0.191 e. The van der Waals surface area contributed by atoms with Crippen LogP contribution in [0.5, 0.6) is 0 Å². The summed E-state index contributed by atoms with van der Waals surface area (Å²) in [6.45, 7) is 7.31. The van der Waals surface area contributed by atoms with Crippen molar-refractivity contribution in [1.29, 1.82) is 0 Å². The highest BCUT2D eigenvalue weighted by Crippen LogP contribution is 2.17. The minimum atomic E-state index is 0. The Labute approximate surface area is 148 Å². The Morgan fingerprint density at radius 2 is 2.14 bits per heavy atom. The molecule has 1 aromatic carbocycles. The van der Waals surface area contributed by atoms with Gasteiger partial charge in [0.1, 0.15) is 0 Å². The lowest BCUT2D eigenvalue weighted by atomic mass is 10.2. The van der Waals surface area contributed by atoms with Crippen LogP contribution in [-0.2, 0) is 4.74 Å². The average molecular weight is 421 g/mol. The smallest absolute Gasteiger partial charge is 0.191 e. The number of hydrogen-bond donors (Lipinski definition) is 1. The zero-order valence-electron chi connectivity index (χ0n) is 12.6. The van der Waals surface area contributed by atoms with E-state index in [1.54, 1.807) is 0 Å². The summed E-state index contributed by atoms with van der Waals surface area (Å²) in [5.74, 6) is 1.59. The molecule has 2 N–H and O–H groups in total. The van der Waals surface area contributed by atoms with Gasteiger partial charge in [-0.15, -0.1) is 35.7 Å². The second-order valence-electron chi connectivity index (χ2n) is 5.03. The van der Waals surface area contributed by atoms with Gasteiger partial charge in [0.2, 0.25) is 0 Å². The lowest BCUT2D eigenvalue weighted by molar-refractivity contribution is 0.00531. The molecule has 2 rings (SSSR count). The third-order valence-electron chi connectivity index (χ3n) is 3.22. The molecule has 1 aromatic rings. The Balaban J connectivity index is 0.00000220. The Bertz CT molecular complexity index is 453. The molecule has 1 aliphatic rings. The summed E-state index contributed by atoms with van der Waals surface area (Å²) in [5.41, 5.74) is 7.31. The molecule has 1 saturated heterocycles. The van der Waals surface area contributed by atoms with E-state index in [1.807, 2.05) is 11.8 Å². The van der Waals surface area contributed by atoms with Crippen LogP contribution in [0.15, 0.2) is 34.2 Å². The highest BCUT2D eigenvalue weighted by atomic mass is 127. The molecule has 1 aliphatic heterocycles. The summed E-state index contributed by atoms with van der Waals surface area (Å²) in [7, 11) is 0. The van der Waals surface area contributed by atoms with E-state index in [-0.39, 0.29) is 30.1 Å². The molecule has 4 nitrogen and oxygen atoms in total. The van der Waals surface area contributed by atoms with Crippen molar-refractivity contribution in [2.24, 2.45) is 10.7 Å². The van der Waals surface area contributed by atoms with E-state index in [0.717, 1.165) is 32.0 Å². The zero-order chi connectivity index (χ0) is 14.4. The fourth-order valence-corrected chi connectivity index (χ4v) is 2.83. The normalized spacial score (nSPS) is 19.2. The Kier molecular flexibility index (Phi) is 8.43. The third kappa shape index (κ3) is 6.44. The molecule has 0 spiro atoms. The van der Waals surface area contributed by atoms with Gasteiger partial charge in [-0.1, -0.05) is 17.7 Å². The van der Waals surface area contributed by atoms with E-state index in [2.05, 4.69) is 48.0 Å². The first-order valence-corrected chi connectivity index (χ1v) is 7.99. The Morgan fingerprint density at radius 3 is 2.81 bits per heavy atom. The Morgan fingerprint density at radius 1 is 1.43 bits per heavy atom. The van der Waals surface area contributed by atoms with Crippen molar-refractivity contribution in [3.8, 4) is 0 Å². The summed E-state index contributed by atoms with van der Waals surface area (Å²) in [5, 5.41) is 0. The summed E-state index contributed by atoms with van der Waals surface area (Å²) >= 11 is 1.81. The standard InChI is InChI=1S/C15H23N3OS.HI/c1-12-3-5-14(6-4-12)20-10-7-17-15(16)18-8-9-19-13(2)11-18;/h3-6,13H,7-11H2,1-2H3,(H2,16,17);1H. The molecule has 1 fully saturated rings. The van der Waals surface area contributed by atoms with Crippen LogP contribution in [0.25, 0.3) is 0 Å². The maximum atomic E-state index is 6.02. The van der Waals surface area contributed by atoms with Gasteiger partial charge in [-0.3, -0.25) is 4.99 Å². The molecule has 0 aromatic heterocycles. The van der Waals surface area contributed by atoms with Gasteiger partial charge in [0.05, 0.1) is 19.3 Å². The zero-order valence-corrected chi connectivity index (χ0v) is 15.8. The van der Waals surface area contributed by atoms with Crippen molar-refractivity contribution < 1.29 is 4.74 Å². The molecule has 6 heteroatoms. The number of morpholine rings is 1. The molecule has 1 heterocycles. The summed E-state index contributed by atoms with van der Waals surface area (Å²) in [6, 6.07) is 8.57. The number of halogens is 1. The predicted octanol–water partition coefficient (Wildman–Crippen LogP) is 2.74. The van der Waals surface area contributed by atoms with E-state index in [9.17, 15) is 0 Å². The van der Waals surface area contributed by atoms with Crippen LogP contribution in [0.4, 0.5) is 0 Å². The van der Waals surface area contributed by atoms with Crippen LogP contribution in [0, 0.1) is 6.92 Å². The number of aryl methyl sites for hydroxylation is 1. The SMILES string of the molecule is Cc1ccc(SCCN=C(N)N2CCOC(C)C2)cc1.I. The van der Waals surface area contributed by atoms with Crippen molar-refractivity contribution in [1.82, 2.24) is 4.90 Å². The number of ether oxygens (including phenoxy) is 1. The van der Waals surface area contributed by atoms with Crippen LogP contribution >= 0.6 is 35.7 Å². The molecular formula is C15H24IN3OS. The molecule has 21 heavy (non-hydrogen) atoms. The third-order valence-corrected chi connectivity index (χ3v) is 4.21. The van der Waals surface area contributed by atoms with Crippen LogP contribution in [0.3, 0.4) is 0 Å². The van der Waals surface area contributed by atoms with Gasteiger partial charge >= 0.3 is 0 Å². The number of thioether (sulfide) groups is 1. The number of hydrogen-bond acceptors (Lipinski definition) is 3. The van der Waals surface area contributed by atoms with Gasteiger partial charge in [0.15, 0.2) is 5.96 Å². The average Bonchev–Trinajstić information content (AvgIpc) is 2.45. The highest BCUT2D eigenvalue weighted by Gasteiger charge is 2.17. The van der Waals surface area contributed by atoms with Crippen LogP contribution in [0.2, 0.25) is 0 Å². The summed E-state index contributed by atoms with van der Waals surface area (Å²) in [4.78, 5) is 7.84. The van der Waals surface area contributed by atoms with Crippen LogP contribution in [-0.4, -0.2) is 49.0 Å². The Hall–Kier alpha value is -0.470. The number of nitrogens with two attached hydrogens (primary N) is 1. The number of aliphatic imine (C=N–C) groups is 1. The monoisotopic (exact) mass is 421 g/mol. The number of rotatable bonds is 4. The second-order valence-corrected chi connectivity index (χ2v) is 6.20. The van der Waals surface area contributed by atoms with Crippen molar-refractivity contribution in [2.75, 3.05) is 32.0 Å². The number of guanidine groups is 1. The van der Waals surface area contributed by atoms with Crippen molar-refractivity contribution >= 4 is 41.7 Å². The minimum absolute atomic E-state index is 0. The van der Waals surface area contributed by atoms with E-state index in [0.29, 0.717) is 5.96 Å². The van der Waals surface area contributed by atoms with Crippen LogP contribution < -0.4 is 5.73 Å². The summed E-state index contributed by atoms with van der Waals surface area (Å²) < 4.78 is 5.49. The van der Waals surface area contributed by atoms with Crippen molar-refractivity contribution in [3.63, 3.8) is 0 Å². The van der Waals surface area contributed by atoms with E-state index in [4.69, 9.17) is 10.5 Å². The minimum Gasteiger partial charge on any atom is -0.375 e. The van der Waals surface area contributed by atoms with E-state index in [1.165, 1.54) is 10.5 Å². The quantitative estimate of drug-likeness (QED) is 0.267. The maximum absolute atomic E-state index is 6.02. The van der Waals surface area contributed by atoms with Gasteiger partial charge in [-0.05, 0) is 26.0 Å². The molecule has 0 bridgehead atoms. The molecule has 1 atom stereocenters. The van der Waals surface area contributed by atoms with Gasteiger partial charge in [0.25, 0.3) is 0 Å². The molecule has 0 amide bonds. The van der Waals surface area contributed by atoms with Crippen molar-refractivity contribution in [2.45, 2.75) is 24.8 Å². The first kappa shape index (κ1) is 18.6.